The Morgan fingerprint density at radius 1 is 1.07 bits per heavy atom. The van der Waals surface area contributed by atoms with Crippen LogP contribution in [0.1, 0.15) is 52.4 Å². The Hall–Kier alpha value is -0.0800. The van der Waals surface area contributed by atoms with E-state index in [9.17, 15) is 0 Å². The lowest BCUT2D eigenvalue weighted by Crippen LogP contribution is -2.37. The smallest absolute Gasteiger partial charge is 0.0319 e. The summed E-state index contributed by atoms with van der Waals surface area (Å²) in [4.78, 5) is 2.67. The summed E-state index contributed by atoms with van der Waals surface area (Å²) >= 11 is 0. The van der Waals surface area contributed by atoms with Gasteiger partial charge in [0.05, 0.1) is 0 Å². The zero-order valence-electron chi connectivity index (χ0n) is 10.1. The molecule has 1 fully saturated rings. The number of aliphatic hydroxyl groups is 1. The van der Waals surface area contributed by atoms with Crippen LogP contribution in [0.2, 0.25) is 0 Å². The molecule has 0 saturated heterocycles. The molecular weight excluding hydrogens is 174 g/mol. The molecule has 1 saturated carbocycles. The molecule has 0 aliphatic heterocycles. The first kappa shape index (κ1) is 13.9. The van der Waals surface area contributed by atoms with Crippen LogP contribution >= 0.6 is 0 Å². The Bertz CT molecular complexity index is 108. The normalized spacial score (nSPS) is 17.8. The molecule has 1 rings (SSSR count). The van der Waals surface area contributed by atoms with Gasteiger partial charge in [0.2, 0.25) is 0 Å². The first-order chi connectivity index (χ1) is 6.88. The Balaban J connectivity index is 0.000000791. The van der Waals surface area contributed by atoms with Crippen molar-refractivity contribution in [3.8, 4) is 0 Å². The van der Waals surface area contributed by atoms with Gasteiger partial charge in [0.25, 0.3) is 0 Å². The minimum atomic E-state index is 0.920. The summed E-state index contributed by atoms with van der Waals surface area (Å²) in [5, 5.41) is 7.00. The van der Waals surface area contributed by atoms with Gasteiger partial charge < -0.3 is 10.0 Å². The summed E-state index contributed by atoms with van der Waals surface area (Å²) in [5.41, 5.74) is 0. The van der Waals surface area contributed by atoms with Crippen molar-refractivity contribution >= 4 is 0 Å². The quantitative estimate of drug-likeness (QED) is 0.756. The summed E-state index contributed by atoms with van der Waals surface area (Å²) in [7, 11) is 1.00. The highest BCUT2D eigenvalue weighted by Gasteiger charge is 2.18. The van der Waals surface area contributed by atoms with Crippen molar-refractivity contribution in [2.24, 2.45) is 0 Å². The molecule has 0 aromatic rings. The second-order valence-electron chi connectivity index (χ2n) is 3.92. The maximum absolute atomic E-state index is 7.00. The van der Waals surface area contributed by atoms with Crippen molar-refractivity contribution in [3.05, 3.63) is 0 Å². The number of rotatable bonds is 4. The van der Waals surface area contributed by atoms with Crippen LogP contribution in [0.3, 0.4) is 0 Å². The fourth-order valence-corrected chi connectivity index (χ4v) is 2.33. The van der Waals surface area contributed by atoms with E-state index in [1.807, 2.05) is 0 Å². The molecule has 0 spiro atoms. The molecule has 86 valence electrons. The Labute approximate surface area is 89.3 Å². The van der Waals surface area contributed by atoms with Crippen LogP contribution in [-0.2, 0) is 0 Å². The predicted octanol–water partition coefficient (Wildman–Crippen LogP) is 2.66. The fraction of sp³-hybridized carbons (Fsp3) is 1.00. The molecule has 1 aliphatic carbocycles. The zero-order chi connectivity index (χ0) is 10.8. The number of hydrogen-bond acceptors (Lipinski definition) is 2. The molecule has 1 N–H and O–H groups in total. The van der Waals surface area contributed by atoms with Crippen LogP contribution in [0.15, 0.2) is 0 Å². The van der Waals surface area contributed by atoms with E-state index in [1.54, 1.807) is 0 Å². The van der Waals surface area contributed by atoms with Crippen LogP contribution < -0.4 is 0 Å². The lowest BCUT2D eigenvalue weighted by molar-refractivity contribution is 0.164. The largest absolute Gasteiger partial charge is 0.400 e. The molecule has 0 heterocycles. The van der Waals surface area contributed by atoms with Gasteiger partial charge >= 0.3 is 0 Å². The molecule has 2 nitrogen and oxygen atoms in total. The van der Waals surface area contributed by atoms with Crippen LogP contribution in [-0.4, -0.2) is 36.2 Å². The molecule has 0 amide bonds. The third-order valence-corrected chi connectivity index (χ3v) is 3.01. The zero-order valence-corrected chi connectivity index (χ0v) is 10.1. The summed E-state index contributed by atoms with van der Waals surface area (Å²) in [6.07, 6.45) is 8.61. The third kappa shape index (κ3) is 4.97. The standard InChI is InChI=1S/C11H23N.CH4O/c1-3-10-12(4-2)11-8-6-5-7-9-11;1-2/h11H,3-10H2,1-2H3;2H,1H3. The highest BCUT2D eigenvalue weighted by Crippen LogP contribution is 2.22. The second kappa shape index (κ2) is 9.47. The van der Waals surface area contributed by atoms with Crippen molar-refractivity contribution in [2.75, 3.05) is 20.2 Å². The van der Waals surface area contributed by atoms with Gasteiger partial charge in [-0.3, -0.25) is 0 Å². The average Bonchev–Trinajstić information content (AvgIpc) is 2.30. The van der Waals surface area contributed by atoms with E-state index < -0.39 is 0 Å². The molecule has 0 aromatic carbocycles. The van der Waals surface area contributed by atoms with E-state index >= 15 is 0 Å². The summed E-state index contributed by atoms with van der Waals surface area (Å²) in [6.45, 7) is 7.13. The molecule has 0 atom stereocenters. The third-order valence-electron chi connectivity index (χ3n) is 3.01. The van der Waals surface area contributed by atoms with Gasteiger partial charge in [-0.1, -0.05) is 33.1 Å². The van der Waals surface area contributed by atoms with Gasteiger partial charge in [-0.15, -0.1) is 0 Å². The van der Waals surface area contributed by atoms with Gasteiger partial charge in [-0.05, 0) is 32.4 Å². The SMILES string of the molecule is CCCN(CC)C1CCCCC1.CO. The molecule has 14 heavy (non-hydrogen) atoms. The van der Waals surface area contributed by atoms with Gasteiger partial charge in [-0.25, -0.2) is 0 Å². The summed E-state index contributed by atoms with van der Waals surface area (Å²) < 4.78 is 0. The first-order valence-corrected chi connectivity index (χ1v) is 6.07. The van der Waals surface area contributed by atoms with E-state index in [0.717, 1.165) is 13.2 Å². The van der Waals surface area contributed by atoms with E-state index in [1.165, 1.54) is 51.6 Å². The summed E-state index contributed by atoms with van der Waals surface area (Å²) in [5.74, 6) is 0. The first-order valence-electron chi connectivity index (χ1n) is 6.07. The van der Waals surface area contributed by atoms with Crippen molar-refractivity contribution in [1.82, 2.24) is 4.90 Å². The van der Waals surface area contributed by atoms with E-state index in [0.29, 0.717) is 0 Å². The molecule has 2 heteroatoms. The van der Waals surface area contributed by atoms with E-state index in [4.69, 9.17) is 5.11 Å². The second-order valence-corrected chi connectivity index (χ2v) is 3.92. The number of nitrogens with zero attached hydrogens (tertiary/aromatic N) is 1. The predicted molar refractivity (Wildman–Crippen MR) is 62.6 cm³/mol. The Morgan fingerprint density at radius 2 is 1.64 bits per heavy atom. The Kier molecular flexibility index (Phi) is 9.42. The van der Waals surface area contributed by atoms with Crippen LogP contribution in [0.5, 0.6) is 0 Å². The highest BCUT2D eigenvalue weighted by molar-refractivity contribution is 4.74. The van der Waals surface area contributed by atoms with Crippen LogP contribution in [0.25, 0.3) is 0 Å². The van der Waals surface area contributed by atoms with Gasteiger partial charge in [0.15, 0.2) is 0 Å². The average molecular weight is 201 g/mol. The monoisotopic (exact) mass is 201 g/mol. The van der Waals surface area contributed by atoms with Gasteiger partial charge in [0.1, 0.15) is 0 Å². The number of aliphatic hydroxyl groups excluding tert-OH is 1. The minimum Gasteiger partial charge on any atom is -0.400 e. The van der Waals surface area contributed by atoms with Gasteiger partial charge in [0, 0.05) is 13.2 Å². The molecule has 1 aliphatic rings. The Morgan fingerprint density at radius 3 is 2.07 bits per heavy atom. The molecular formula is C12H27NO. The van der Waals surface area contributed by atoms with Gasteiger partial charge in [-0.2, -0.15) is 0 Å². The molecule has 0 aromatic heterocycles. The summed E-state index contributed by atoms with van der Waals surface area (Å²) in [6, 6.07) is 0.920. The molecule has 0 bridgehead atoms. The topological polar surface area (TPSA) is 23.5 Å². The fourth-order valence-electron chi connectivity index (χ4n) is 2.33. The number of hydrogen-bond donors (Lipinski definition) is 1. The van der Waals surface area contributed by atoms with Crippen molar-refractivity contribution in [2.45, 2.75) is 58.4 Å². The van der Waals surface area contributed by atoms with Crippen molar-refractivity contribution in [3.63, 3.8) is 0 Å². The lowest BCUT2D eigenvalue weighted by Gasteiger charge is -2.33. The highest BCUT2D eigenvalue weighted by atomic mass is 16.2. The minimum absolute atomic E-state index is 0.920. The van der Waals surface area contributed by atoms with E-state index in [-0.39, 0.29) is 0 Å². The van der Waals surface area contributed by atoms with Crippen molar-refractivity contribution < 1.29 is 5.11 Å². The maximum Gasteiger partial charge on any atom is 0.0319 e. The lowest BCUT2D eigenvalue weighted by atomic mass is 9.94. The molecule has 0 radical (unpaired) electrons. The van der Waals surface area contributed by atoms with Crippen LogP contribution in [0.4, 0.5) is 0 Å². The van der Waals surface area contributed by atoms with E-state index in [2.05, 4.69) is 18.7 Å². The van der Waals surface area contributed by atoms with Crippen LogP contribution in [0, 0.1) is 0 Å². The maximum atomic E-state index is 7.00. The molecule has 0 unspecified atom stereocenters. The van der Waals surface area contributed by atoms with Crippen molar-refractivity contribution in [1.29, 1.82) is 0 Å².